The number of esters is 1. The Bertz CT molecular complexity index is 783. The number of aromatic nitrogens is 1. The van der Waals surface area contributed by atoms with Crippen LogP contribution in [-0.2, 0) is 9.53 Å². The summed E-state index contributed by atoms with van der Waals surface area (Å²) in [5, 5.41) is 7.44. The number of amidine groups is 1. The van der Waals surface area contributed by atoms with Crippen molar-refractivity contribution in [2.75, 3.05) is 13.7 Å². The predicted molar refractivity (Wildman–Crippen MR) is 96.7 cm³/mol. The van der Waals surface area contributed by atoms with Gasteiger partial charge in [0.2, 0.25) is 5.88 Å². The highest BCUT2D eigenvalue weighted by Gasteiger charge is 2.30. The predicted octanol–water partition coefficient (Wildman–Crippen LogP) is 2.92. The third-order valence-electron chi connectivity index (χ3n) is 3.91. The summed E-state index contributed by atoms with van der Waals surface area (Å²) in [6, 6.07) is 9.26. The zero-order chi connectivity index (χ0) is 18.6. The Hall–Kier alpha value is -2.89. The molecule has 0 bridgehead atoms. The van der Waals surface area contributed by atoms with Crippen molar-refractivity contribution in [1.29, 1.82) is 5.41 Å². The summed E-state index contributed by atoms with van der Waals surface area (Å²) >= 11 is 0. The summed E-state index contributed by atoms with van der Waals surface area (Å²) in [5.41, 5.74) is 8.36. The Kier molecular flexibility index (Phi) is 5.41. The molecule has 0 saturated carbocycles. The smallest absolute Gasteiger partial charge is 0.314 e. The van der Waals surface area contributed by atoms with Gasteiger partial charge in [0, 0.05) is 23.4 Å². The van der Waals surface area contributed by atoms with Crippen molar-refractivity contribution in [2.45, 2.75) is 20.8 Å². The number of rotatable bonds is 6. The summed E-state index contributed by atoms with van der Waals surface area (Å²) in [5.74, 6) is 0.170. The summed E-state index contributed by atoms with van der Waals surface area (Å²) in [6.07, 6.45) is 1.73. The molecule has 6 heteroatoms. The number of hydrogen-bond acceptors (Lipinski definition) is 5. The van der Waals surface area contributed by atoms with Crippen molar-refractivity contribution in [1.82, 2.24) is 4.98 Å². The SMILES string of the molecule is COC(=O)C(C)(C)COc1cc(C)c(-c2ccc(C(=N)N)cc2)cn1. The van der Waals surface area contributed by atoms with E-state index in [9.17, 15) is 4.79 Å². The first-order valence-corrected chi connectivity index (χ1v) is 7.87. The monoisotopic (exact) mass is 341 g/mol. The zero-order valence-electron chi connectivity index (χ0n) is 14.9. The number of ether oxygens (including phenoxy) is 2. The molecule has 0 aliphatic carbocycles. The second kappa shape index (κ2) is 7.34. The van der Waals surface area contributed by atoms with Crippen LogP contribution < -0.4 is 10.5 Å². The van der Waals surface area contributed by atoms with E-state index < -0.39 is 5.41 Å². The molecular weight excluding hydrogens is 318 g/mol. The Morgan fingerprint density at radius 1 is 1.28 bits per heavy atom. The van der Waals surface area contributed by atoms with Crippen LogP contribution in [0.3, 0.4) is 0 Å². The van der Waals surface area contributed by atoms with Crippen LogP contribution in [0.4, 0.5) is 0 Å². The van der Waals surface area contributed by atoms with E-state index in [-0.39, 0.29) is 18.4 Å². The molecule has 0 saturated heterocycles. The van der Waals surface area contributed by atoms with E-state index in [0.29, 0.717) is 11.4 Å². The molecular formula is C19H23N3O3. The van der Waals surface area contributed by atoms with Gasteiger partial charge in [0.25, 0.3) is 0 Å². The van der Waals surface area contributed by atoms with Gasteiger partial charge >= 0.3 is 5.97 Å². The molecule has 0 unspecified atom stereocenters. The van der Waals surface area contributed by atoms with Gasteiger partial charge in [-0.15, -0.1) is 0 Å². The lowest BCUT2D eigenvalue weighted by atomic mass is 9.95. The summed E-state index contributed by atoms with van der Waals surface area (Å²) in [4.78, 5) is 16.0. The zero-order valence-corrected chi connectivity index (χ0v) is 14.9. The summed E-state index contributed by atoms with van der Waals surface area (Å²) < 4.78 is 10.4. The number of benzene rings is 1. The minimum Gasteiger partial charge on any atom is -0.476 e. The molecule has 25 heavy (non-hydrogen) atoms. The highest BCUT2D eigenvalue weighted by atomic mass is 16.5. The molecule has 2 aromatic rings. The Labute approximate surface area is 147 Å². The number of methoxy groups -OCH3 is 1. The third kappa shape index (κ3) is 4.35. The van der Waals surface area contributed by atoms with Gasteiger partial charge in [-0.25, -0.2) is 4.98 Å². The normalized spacial score (nSPS) is 11.0. The van der Waals surface area contributed by atoms with E-state index in [2.05, 4.69) is 4.98 Å². The number of hydrogen-bond donors (Lipinski definition) is 2. The van der Waals surface area contributed by atoms with Gasteiger partial charge < -0.3 is 15.2 Å². The van der Waals surface area contributed by atoms with Crippen molar-refractivity contribution >= 4 is 11.8 Å². The van der Waals surface area contributed by atoms with Crippen LogP contribution in [0, 0.1) is 17.7 Å². The van der Waals surface area contributed by atoms with Crippen LogP contribution in [0.5, 0.6) is 5.88 Å². The van der Waals surface area contributed by atoms with E-state index in [0.717, 1.165) is 16.7 Å². The van der Waals surface area contributed by atoms with Crippen LogP contribution in [0.2, 0.25) is 0 Å². The lowest BCUT2D eigenvalue weighted by Gasteiger charge is -2.21. The maximum Gasteiger partial charge on any atom is 0.314 e. The molecule has 0 amide bonds. The standard InChI is InChI=1S/C19H23N3O3/c1-12-9-16(25-11-19(2,3)18(23)24-4)22-10-15(12)13-5-7-14(8-6-13)17(20)21/h5-10H,11H2,1-4H3,(H3,20,21). The van der Waals surface area contributed by atoms with Crippen LogP contribution in [0.25, 0.3) is 11.1 Å². The molecule has 1 aromatic heterocycles. The molecule has 0 radical (unpaired) electrons. The van der Waals surface area contributed by atoms with Gasteiger partial charge in [0.05, 0.1) is 12.5 Å². The maximum atomic E-state index is 11.7. The van der Waals surface area contributed by atoms with Gasteiger partial charge in [-0.2, -0.15) is 0 Å². The molecule has 0 fully saturated rings. The van der Waals surface area contributed by atoms with Crippen molar-refractivity contribution < 1.29 is 14.3 Å². The number of nitrogen functional groups attached to an aromatic ring is 1. The lowest BCUT2D eigenvalue weighted by molar-refractivity contribution is -0.152. The maximum absolute atomic E-state index is 11.7. The van der Waals surface area contributed by atoms with Crippen LogP contribution >= 0.6 is 0 Å². The number of carbonyl (C=O) groups is 1. The highest BCUT2D eigenvalue weighted by Crippen LogP contribution is 2.26. The number of aryl methyl sites for hydroxylation is 1. The first-order chi connectivity index (χ1) is 11.7. The highest BCUT2D eigenvalue weighted by molar-refractivity contribution is 5.95. The van der Waals surface area contributed by atoms with Crippen LogP contribution in [0.1, 0.15) is 25.0 Å². The van der Waals surface area contributed by atoms with Crippen molar-refractivity contribution in [3.8, 4) is 17.0 Å². The van der Waals surface area contributed by atoms with Gasteiger partial charge in [-0.3, -0.25) is 10.2 Å². The second-order valence-corrected chi connectivity index (χ2v) is 6.49. The third-order valence-corrected chi connectivity index (χ3v) is 3.91. The van der Waals surface area contributed by atoms with Crippen molar-refractivity contribution in [3.05, 3.63) is 47.7 Å². The molecule has 132 valence electrons. The molecule has 0 aliphatic heterocycles. The van der Waals surface area contributed by atoms with Gasteiger partial charge in [-0.05, 0) is 31.9 Å². The molecule has 0 spiro atoms. The fraction of sp³-hybridized carbons (Fsp3) is 0.316. The average Bonchev–Trinajstić information content (AvgIpc) is 2.59. The minimum atomic E-state index is -0.745. The number of nitrogens with one attached hydrogen (secondary N) is 1. The number of pyridine rings is 1. The largest absolute Gasteiger partial charge is 0.476 e. The molecule has 0 atom stereocenters. The fourth-order valence-electron chi connectivity index (χ4n) is 2.33. The molecule has 1 aromatic carbocycles. The van der Waals surface area contributed by atoms with Gasteiger partial charge in [0.15, 0.2) is 0 Å². The van der Waals surface area contributed by atoms with E-state index in [1.807, 2.05) is 25.1 Å². The minimum absolute atomic E-state index is 0.0402. The summed E-state index contributed by atoms with van der Waals surface area (Å²) in [6.45, 7) is 5.67. The number of nitrogens with two attached hydrogens (primary N) is 1. The summed E-state index contributed by atoms with van der Waals surface area (Å²) in [7, 11) is 1.36. The van der Waals surface area contributed by atoms with Gasteiger partial charge in [0.1, 0.15) is 12.4 Å². The quantitative estimate of drug-likeness (QED) is 0.478. The topological polar surface area (TPSA) is 98.3 Å². The first-order valence-electron chi connectivity index (χ1n) is 7.87. The van der Waals surface area contributed by atoms with Gasteiger partial charge in [-0.1, -0.05) is 24.3 Å². The Morgan fingerprint density at radius 3 is 2.44 bits per heavy atom. The van der Waals surface area contributed by atoms with E-state index in [4.69, 9.17) is 20.6 Å². The molecule has 2 rings (SSSR count). The average molecular weight is 341 g/mol. The van der Waals surface area contributed by atoms with E-state index in [1.54, 1.807) is 32.2 Å². The van der Waals surface area contributed by atoms with Crippen molar-refractivity contribution in [3.63, 3.8) is 0 Å². The molecule has 1 heterocycles. The number of nitrogens with zero attached hydrogens (tertiary/aromatic N) is 1. The number of carbonyl (C=O) groups excluding carboxylic acids is 1. The van der Waals surface area contributed by atoms with E-state index in [1.165, 1.54) is 7.11 Å². The fourth-order valence-corrected chi connectivity index (χ4v) is 2.33. The van der Waals surface area contributed by atoms with Crippen molar-refractivity contribution in [2.24, 2.45) is 11.1 Å². The second-order valence-electron chi connectivity index (χ2n) is 6.49. The first kappa shape index (κ1) is 18.4. The van der Waals surface area contributed by atoms with Crippen LogP contribution in [-0.4, -0.2) is 30.5 Å². The lowest BCUT2D eigenvalue weighted by Crippen LogP contribution is -2.32. The Morgan fingerprint density at radius 2 is 1.92 bits per heavy atom. The Balaban J connectivity index is 2.15. The van der Waals surface area contributed by atoms with E-state index >= 15 is 0 Å². The van der Waals surface area contributed by atoms with Crippen LogP contribution in [0.15, 0.2) is 36.5 Å². The molecule has 0 aliphatic rings. The molecule has 3 N–H and O–H groups in total. The molecule has 6 nitrogen and oxygen atoms in total.